The maximum absolute atomic E-state index is 12.1. The molecule has 1 aliphatic heterocycles. The van der Waals surface area contributed by atoms with E-state index in [1.165, 1.54) is 4.31 Å². The molecule has 0 radical (unpaired) electrons. The molecule has 0 aromatic heterocycles. The highest BCUT2D eigenvalue weighted by atomic mass is 32.2. The molecule has 17 heavy (non-hydrogen) atoms. The third kappa shape index (κ3) is 4.50. The molecule has 1 fully saturated rings. The number of hydrogen-bond acceptors (Lipinski definition) is 3. The van der Waals surface area contributed by atoms with Crippen LogP contribution in [-0.4, -0.2) is 36.3 Å². The standard InChI is InChI=1S/C10H21N3O2S2/c1-8(7-10(11)16)12-17(14,15)13-6-4-3-5-9(13)2/h8-9,12H,3-7H2,1-2H3,(H2,11,16). The third-order valence-corrected chi connectivity index (χ3v) is 4.94. The van der Waals surface area contributed by atoms with E-state index < -0.39 is 10.2 Å². The van der Waals surface area contributed by atoms with Gasteiger partial charge in [0.05, 0.1) is 4.99 Å². The molecule has 0 amide bonds. The van der Waals surface area contributed by atoms with Gasteiger partial charge in [0.25, 0.3) is 10.2 Å². The Labute approximate surface area is 109 Å². The van der Waals surface area contributed by atoms with Gasteiger partial charge in [0.1, 0.15) is 0 Å². The first-order chi connectivity index (χ1) is 7.83. The van der Waals surface area contributed by atoms with E-state index in [1.54, 1.807) is 6.92 Å². The summed E-state index contributed by atoms with van der Waals surface area (Å²) in [5.74, 6) is 0. The average Bonchev–Trinajstić information content (AvgIpc) is 2.15. The molecule has 1 aliphatic rings. The van der Waals surface area contributed by atoms with Crippen molar-refractivity contribution in [1.82, 2.24) is 9.03 Å². The second kappa shape index (κ2) is 6.08. The van der Waals surface area contributed by atoms with Crippen molar-refractivity contribution in [2.45, 2.75) is 51.6 Å². The van der Waals surface area contributed by atoms with Crippen LogP contribution in [0.1, 0.15) is 39.5 Å². The second-order valence-corrected chi connectivity index (χ2v) is 6.83. The van der Waals surface area contributed by atoms with Gasteiger partial charge in [0.15, 0.2) is 0 Å². The molecule has 1 heterocycles. The maximum atomic E-state index is 12.1. The Hall–Kier alpha value is -0.240. The molecule has 1 saturated heterocycles. The summed E-state index contributed by atoms with van der Waals surface area (Å²) in [6.07, 6.45) is 3.33. The fourth-order valence-corrected chi connectivity index (χ4v) is 4.02. The normalized spacial score (nSPS) is 24.5. The molecular formula is C10H21N3O2S2. The van der Waals surface area contributed by atoms with Crippen LogP contribution in [0.4, 0.5) is 0 Å². The van der Waals surface area contributed by atoms with E-state index in [1.807, 2.05) is 6.92 Å². The molecule has 0 aliphatic carbocycles. The molecule has 0 aromatic carbocycles. The van der Waals surface area contributed by atoms with Gasteiger partial charge in [0, 0.05) is 25.0 Å². The van der Waals surface area contributed by atoms with Gasteiger partial charge in [0.2, 0.25) is 0 Å². The zero-order valence-electron chi connectivity index (χ0n) is 10.3. The van der Waals surface area contributed by atoms with Crippen molar-refractivity contribution in [3.63, 3.8) is 0 Å². The molecule has 2 unspecified atom stereocenters. The lowest BCUT2D eigenvalue weighted by Crippen LogP contribution is -2.50. The van der Waals surface area contributed by atoms with Gasteiger partial charge < -0.3 is 5.73 Å². The zero-order valence-corrected chi connectivity index (χ0v) is 12.0. The molecule has 0 saturated carbocycles. The first-order valence-corrected chi connectivity index (χ1v) is 7.75. The number of nitrogens with one attached hydrogen (secondary N) is 1. The van der Waals surface area contributed by atoms with Crippen molar-refractivity contribution >= 4 is 27.4 Å². The van der Waals surface area contributed by atoms with Crippen LogP contribution in [0.25, 0.3) is 0 Å². The molecule has 100 valence electrons. The molecular weight excluding hydrogens is 258 g/mol. The van der Waals surface area contributed by atoms with E-state index in [9.17, 15) is 8.42 Å². The summed E-state index contributed by atoms with van der Waals surface area (Å²) in [5.41, 5.74) is 5.40. The number of piperidine rings is 1. The highest BCUT2D eigenvalue weighted by Gasteiger charge is 2.30. The Balaban J connectivity index is 2.63. The van der Waals surface area contributed by atoms with Crippen molar-refractivity contribution < 1.29 is 8.42 Å². The van der Waals surface area contributed by atoms with Crippen LogP contribution in [0.3, 0.4) is 0 Å². The summed E-state index contributed by atoms with van der Waals surface area (Å²) in [5, 5.41) is 0. The molecule has 0 aromatic rings. The van der Waals surface area contributed by atoms with E-state index in [4.69, 9.17) is 18.0 Å². The molecule has 2 atom stereocenters. The van der Waals surface area contributed by atoms with Gasteiger partial charge in [-0.1, -0.05) is 18.6 Å². The lowest BCUT2D eigenvalue weighted by atomic mass is 10.1. The fourth-order valence-electron chi connectivity index (χ4n) is 2.09. The minimum atomic E-state index is -3.41. The summed E-state index contributed by atoms with van der Waals surface area (Å²) in [6.45, 7) is 4.30. The van der Waals surface area contributed by atoms with Crippen LogP contribution in [0, 0.1) is 0 Å². The molecule has 3 N–H and O–H groups in total. The van der Waals surface area contributed by atoms with Crippen molar-refractivity contribution in [2.24, 2.45) is 5.73 Å². The van der Waals surface area contributed by atoms with E-state index in [2.05, 4.69) is 4.72 Å². The van der Waals surface area contributed by atoms with Gasteiger partial charge in [-0.3, -0.25) is 0 Å². The topological polar surface area (TPSA) is 75.4 Å². The lowest BCUT2D eigenvalue weighted by molar-refractivity contribution is 0.264. The molecule has 1 rings (SSSR count). The summed E-state index contributed by atoms with van der Waals surface area (Å²) in [6, 6.07) is -0.190. The first-order valence-electron chi connectivity index (χ1n) is 5.90. The fraction of sp³-hybridized carbons (Fsp3) is 0.900. The number of nitrogens with zero attached hydrogens (tertiary/aromatic N) is 1. The number of thiocarbonyl (C=S) groups is 1. The largest absolute Gasteiger partial charge is 0.393 e. The Morgan fingerprint density at radius 1 is 1.59 bits per heavy atom. The summed E-state index contributed by atoms with van der Waals surface area (Å²) in [4.78, 5) is 0.326. The van der Waals surface area contributed by atoms with Crippen LogP contribution in [0.15, 0.2) is 0 Å². The average molecular weight is 279 g/mol. The van der Waals surface area contributed by atoms with Crippen molar-refractivity contribution in [2.75, 3.05) is 6.54 Å². The van der Waals surface area contributed by atoms with Crippen LogP contribution >= 0.6 is 12.2 Å². The maximum Gasteiger partial charge on any atom is 0.279 e. The quantitative estimate of drug-likeness (QED) is 0.729. The Kier molecular flexibility index (Phi) is 5.30. The SMILES string of the molecule is CC(CC(N)=S)NS(=O)(=O)N1CCCCC1C. The third-order valence-electron chi connectivity index (χ3n) is 2.91. The van der Waals surface area contributed by atoms with Gasteiger partial charge in [-0.25, -0.2) is 0 Å². The number of rotatable bonds is 5. The minimum Gasteiger partial charge on any atom is -0.393 e. The van der Waals surface area contributed by atoms with E-state index >= 15 is 0 Å². The number of nitrogens with two attached hydrogens (primary N) is 1. The summed E-state index contributed by atoms with van der Waals surface area (Å²) < 4.78 is 28.4. The van der Waals surface area contributed by atoms with Crippen LogP contribution in [0.5, 0.6) is 0 Å². The number of hydrogen-bond donors (Lipinski definition) is 2. The highest BCUT2D eigenvalue weighted by molar-refractivity contribution is 7.87. The Morgan fingerprint density at radius 2 is 2.24 bits per heavy atom. The highest BCUT2D eigenvalue weighted by Crippen LogP contribution is 2.19. The first kappa shape index (κ1) is 14.8. The Bertz CT molecular complexity index is 370. The van der Waals surface area contributed by atoms with E-state index in [0.29, 0.717) is 18.0 Å². The molecule has 0 spiro atoms. The van der Waals surface area contributed by atoms with E-state index in [0.717, 1.165) is 19.3 Å². The van der Waals surface area contributed by atoms with Gasteiger partial charge in [-0.15, -0.1) is 0 Å². The molecule has 7 heteroatoms. The smallest absolute Gasteiger partial charge is 0.279 e. The molecule has 5 nitrogen and oxygen atoms in total. The van der Waals surface area contributed by atoms with Crippen molar-refractivity contribution in [1.29, 1.82) is 0 Å². The van der Waals surface area contributed by atoms with Crippen LogP contribution in [-0.2, 0) is 10.2 Å². The predicted molar refractivity (Wildman–Crippen MR) is 72.9 cm³/mol. The van der Waals surface area contributed by atoms with Crippen LogP contribution < -0.4 is 10.5 Å². The zero-order chi connectivity index (χ0) is 13.1. The van der Waals surface area contributed by atoms with Crippen molar-refractivity contribution in [3.05, 3.63) is 0 Å². The second-order valence-electron chi connectivity index (χ2n) is 4.65. The minimum absolute atomic E-state index is 0.0679. The Morgan fingerprint density at radius 3 is 2.76 bits per heavy atom. The van der Waals surface area contributed by atoms with Crippen LogP contribution in [0.2, 0.25) is 0 Å². The monoisotopic (exact) mass is 279 g/mol. The van der Waals surface area contributed by atoms with Crippen molar-refractivity contribution in [3.8, 4) is 0 Å². The van der Waals surface area contributed by atoms with Gasteiger partial charge in [-0.05, 0) is 26.7 Å². The summed E-state index contributed by atoms with van der Waals surface area (Å²) >= 11 is 4.77. The summed E-state index contributed by atoms with van der Waals surface area (Å²) in [7, 11) is -3.41. The molecule has 0 bridgehead atoms. The van der Waals surface area contributed by atoms with Gasteiger partial charge >= 0.3 is 0 Å². The van der Waals surface area contributed by atoms with E-state index in [-0.39, 0.29) is 12.1 Å². The lowest BCUT2D eigenvalue weighted by Gasteiger charge is -2.33. The predicted octanol–water partition coefficient (Wildman–Crippen LogP) is 0.760. The van der Waals surface area contributed by atoms with Gasteiger partial charge in [-0.2, -0.15) is 17.4 Å².